The van der Waals surface area contributed by atoms with Gasteiger partial charge in [-0.1, -0.05) is 43.3 Å². The molecule has 3 rings (SSSR count). The quantitative estimate of drug-likeness (QED) is 0.916. The van der Waals surface area contributed by atoms with Crippen LogP contribution in [0, 0.1) is 11.8 Å². The molecule has 0 radical (unpaired) electrons. The molecule has 1 fully saturated rings. The highest BCUT2D eigenvalue weighted by molar-refractivity contribution is 6.04. The maximum Gasteiger partial charge on any atom is 0.230 e. The minimum Gasteiger partial charge on any atom is -0.326 e. The van der Waals surface area contributed by atoms with Crippen molar-refractivity contribution in [1.82, 2.24) is 0 Å². The van der Waals surface area contributed by atoms with Gasteiger partial charge in [-0.3, -0.25) is 9.59 Å². The second kappa shape index (κ2) is 6.87. The molecule has 2 aromatic rings. The van der Waals surface area contributed by atoms with Crippen LogP contribution in [0.4, 0.5) is 11.4 Å². The highest BCUT2D eigenvalue weighted by atomic mass is 16.2. The summed E-state index contributed by atoms with van der Waals surface area (Å²) in [6, 6.07) is 17.3. The molecule has 2 aromatic carbocycles. The van der Waals surface area contributed by atoms with Gasteiger partial charge >= 0.3 is 0 Å². The molecule has 0 aromatic heterocycles. The number of hydrogen-bond acceptors (Lipinski definition) is 2. The van der Waals surface area contributed by atoms with Gasteiger partial charge in [-0.05, 0) is 36.6 Å². The van der Waals surface area contributed by atoms with Crippen LogP contribution in [-0.2, 0) is 16.0 Å². The average Bonchev–Trinajstić information content (AvgIpc) is 3.42. The summed E-state index contributed by atoms with van der Waals surface area (Å²) >= 11 is 0. The summed E-state index contributed by atoms with van der Waals surface area (Å²) in [7, 11) is 1.76. The summed E-state index contributed by atoms with van der Waals surface area (Å²) in [6.45, 7) is 2.06. The van der Waals surface area contributed by atoms with E-state index in [0.29, 0.717) is 6.42 Å². The summed E-state index contributed by atoms with van der Waals surface area (Å²) in [5.41, 5.74) is 2.81. The Morgan fingerprint density at radius 3 is 2.42 bits per heavy atom. The number of aryl methyl sites for hydroxylation is 1. The molecule has 124 valence electrons. The Morgan fingerprint density at radius 1 is 1.04 bits per heavy atom. The monoisotopic (exact) mass is 322 g/mol. The van der Waals surface area contributed by atoms with Crippen LogP contribution in [0.2, 0.25) is 0 Å². The van der Waals surface area contributed by atoms with Gasteiger partial charge in [0.2, 0.25) is 11.8 Å². The van der Waals surface area contributed by atoms with Gasteiger partial charge in [-0.15, -0.1) is 0 Å². The highest BCUT2D eigenvalue weighted by Crippen LogP contribution is 2.41. The average molecular weight is 322 g/mol. The largest absolute Gasteiger partial charge is 0.326 e. The van der Waals surface area contributed by atoms with E-state index in [2.05, 4.69) is 12.2 Å². The van der Waals surface area contributed by atoms with Crippen LogP contribution in [0.1, 0.15) is 18.9 Å². The number of para-hydroxylation sites is 2. The maximum absolute atomic E-state index is 12.5. The lowest BCUT2D eigenvalue weighted by atomic mass is 10.1. The minimum absolute atomic E-state index is 0.00475. The molecular formula is C20H22N2O2. The molecule has 1 N–H and O–H groups in total. The third-order valence-electron chi connectivity index (χ3n) is 4.57. The summed E-state index contributed by atoms with van der Waals surface area (Å²) in [5.74, 6) is -0.501. The van der Waals surface area contributed by atoms with Crippen molar-refractivity contribution in [2.75, 3.05) is 17.3 Å². The molecule has 0 saturated heterocycles. The van der Waals surface area contributed by atoms with E-state index in [1.807, 2.05) is 54.6 Å². The van der Waals surface area contributed by atoms with E-state index in [-0.39, 0.29) is 23.7 Å². The van der Waals surface area contributed by atoms with Gasteiger partial charge in [0.25, 0.3) is 0 Å². The predicted molar refractivity (Wildman–Crippen MR) is 95.9 cm³/mol. The molecule has 0 heterocycles. The lowest BCUT2D eigenvalue weighted by Crippen LogP contribution is -2.29. The van der Waals surface area contributed by atoms with Crippen molar-refractivity contribution in [2.45, 2.75) is 19.8 Å². The van der Waals surface area contributed by atoms with Crippen molar-refractivity contribution >= 4 is 23.2 Å². The van der Waals surface area contributed by atoms with Crippen molar-refractivity contribution in [1.29, 1.82) is 0 Å². The highest BCUT2D eigenvalue weighted by Gasteiger charge is 2.49. The van der Waals surface area contributed by atoms with Crippen LogP contribution in [0.3, 0.4) is 0 Å². The molecule has 0 aliphatic heterocycles. The van der Waals surface area contributed by atoms with E-state index >= 15 is 0 Å². The minimum atomic E-state index is -0.228. The lowest BCUT2D eigenvalue weighted by molar-refractivity contribution is -0.123. The molecule has 1 saturated carbocycles. The number of carbonyl (C=O) groups is 2. The van der Waals surface area contributed by atoms with Gasteiger partial charge in [-0.2, -0.15) is 0 Å². The van der Waals surface area contributed by atoms with E-state index in [4.69, 9.17) is 0 Å². The fraction of sp³-hybridized carbons (Fsp3) is 0.300. The van der Waals surface area contributed by atoms with Crippen LogP contribution in [0.25, 0.3) is 0 Å². The summed E-state index contributed by atoms with van der Waals surface area (Å²) < 4.78 is 0. The fourth-order valence-corrected chi connectivity index (χ4v) is 2.96. The molecule has 4 nitrogen and oxygen atoms in total. The van der Waals surface area contributed by atoms with Gasteiger partial charge in [0.1, 0.15) is 0 Å². The second-order valence-corrected chi connectivity index (χ2v) is 6.18. The Labute approximate surface area is 142 Å². The van der Waals surface area contributed by atoms with E-state index in [1.165, 1.54) is 0 Å². The third kappa shape index (κ3) is 3.32. The first-order chi connectivity index (χ1) is 11.6. The zero-order chi connectivity index (χ0) is 17.1. The number of carbonyl (C=O) groups excluding carboxylic acids is 2. The van der Waals surface area contributed by atoms with Gasteiger partial charge in [-0.25, -0.2) is 0 Å². The zero-order valence-corrected chi connectivity index (χ0v) is 14.0. The molecule has 2 atom stereocenters. The van der Waals surface area contributed by atoms with Crippen LogP contribution in [0.15, 0.2) is 54.6 Å². The van der Waals surface area contributed by atoms with Crippen molar-refractivity contribution in [3.05, 3.63) is 60.2 Å². The van der Waals surface area contributed by atoms with E-state index in [9.17, 15) is 9.59 Å². The zero-order valence-electron chi connectivity index (χ0n) is 14.0. The maximum atomic E-state index is 12.5. The van der Waals surface area contributed by atoms with Crippen LogP contribution >= 0.6 is 0 Å². The molecule has 4 heteroatoms. The second-order valence-electron chi connectivity index (χ2n) is 6.18. The summed E-state index contributed by atoms with van der Waals surface area (Å²) in [6.07, 6.45) is 1.48. The molecule has 0 spiro atoms. The van der Waals surface area contributed by atoms with Gasteiger partial charge in [0, 0.05) is 18.4 Å². The first-order valence-corrected chi connectivity index (χ1v) is 8.33. The van der Waals surface area contributed by atoms with E-state index < -0.39 is 0 Å². The van der Waals surface area contributed by atoms with Crippen molar-refractivity contribution in [2.24, 2.45) is 11.8 Å². The summed E-state index contributed by atoms with van der Waals surface area (Å²) in [5, 5.41) is 2.98. The Balaban J connectivity index is 1.62. The fourth-order valence-electron chi connectivity index (χ4n) is 2.96. The number of anilines is 2. The van der Waals surface area contributed by atoms with Crippen molar-refractivity contribution < 1.29 is 9.59 Å². The number of benzene rings is 2. The van der Waals surface area contributed by atoms with E-state index in [1.54, 1.807) is 11.9 Å². The predicted octanol–water partition coefficient (Wildman–Crippen LogP) is 3.49. The number of nitrogens with one attached hydrogen (secondary N) is 1. The topological polar surface area (TPSA) is 49.4 Å². The molecule has 24 heavy (non-hydrogen) atoms. The Bertz CT molecular complexity index is 742. The molecule has 2 unspecified atom stereocenters. The third-order valence-corrected chi connectivity index (χ3v) is 4.57. The normalized spacial score (nSPS) is 18.8. The smallest absolute Gasteiger partial charge is 0.230 e. The SMILES string of the molecule is CCc1ccccc1NC(=O)C1CC1C(=O)N(C)c1ccccc1. The molecule has 2 amide bonds. The molecule has 0 bridgehead atoms. The molecule has 1 aliphatic rings. The van der Waals surface area contributed by atoms with Gasteiger partial charge in [0.05, 0.1) is 11.8 Å². The van der Waals surface area contributed by atoms with Gasteiger partial charge in [0.15, 0.2) is 0 Å². The first kappa shape index (κ1) is 16.2. The standard InChI is InChI=1S/C20H22N2O2/c1-3-14-9-7-8-12-18(14)21-19(23)16-13-17(16)20(24)22(2)15-10-5-4-6-11-15/h4-12,16-17H,3,13H2,1-2H3,(H,21,23). The number of nitrogens with zero attached hydrogens (tertiary/aromatic N) is 1. The lowest BCUT2D eigenvalue weighted by Gasteiger charge is -2.17. The molecule has 1 aliphatic carbocycles. The van der Waals surface area contributed by atoms with Crippen molar-refractivity contribution in [3.8, 4) is 0 Å². The van der Waals surface area contributed by atoms with E-state index in [0.717, 1.165) is 23.4 Å². The van der Waals surface area contributed by atoms with Crippen molar-refractivity contribution in [3.63, 3.8) is 0 Å². The number of amides is 2. The van der Waals surface area contributed by atoms with Gasteiger partial charge < -0.3 is 10.2 Å². The number of hydrogen-bond donors (Lipinski definition) is 1. The number of rotatable bonds is 5. The Morgan fingerprint density at radius 2 is 1.71 bits per heavy atom. The Hall–Kier alpha value is -2.62. The first-order valence-electron chi connectivity index (χ1n) is 8.33. The van der Waals surface area contributed by atoms with Crippen LogP contribution in [-0.4, -0.2) is 18.9 Å². The molecular weight excluding hydrogens is 300 g/mol. The van der Waals surface area contributed by atoms with Crippen LogP contribution in [0.5, 0.6) is 0 Å². The Kier molecular flexibility index (Phi) is 4.65. The summed E-state index contributed by atoms with van der Waals surface area (Å²) in [4.78, 5) is 26.6. The van der Waals surface area contributed by atoms with Crippen LogP contribution < -0.4 is 10.2 Å².